The number of rotatable bonds is 9. The molecule has 1 saturated heterocycles. The summed E-state index contributed by atoms with van der Waals surface area (Å²) in [5.74, 6) is 0.168. The largest absolute Gasteiger partial charge is 0.472 e. The van der Waals surface area contributed by atoms with Gasteiger partial charge in [-0.15, -0.1) is 0 Å². The van der Waals surface area contributed by atoms with Crippen LogP contribution in [0.25, 0.3) is 10.4 Å². The van der Waals surface area contributed by atoms with E-state index in [1.54, 1.807) is 20.8 Å². The molecular weight excluding hydrogens is 465 g/mol. The summed E-state index contributed by atoms with van der Waals surface area (Å²) in [6, 6.07) is -0.788. The van der Waals surface area contributed by atoms with Crippen LogP contribution in [-0.4, -0.2) is 50.7 Å². The fraction of sp³-hybridized carbons (Fsp3) is 0.706. The highest BCUT2D eigenvalue weighted by atomic mass is 32.2. The van der Waals surface area contributed by atoms with Crippen LogP contribution < -0.4 is 11.2 Å². The molecule has 32 heavy (non-hydrogen) atoms. The van der Waals surface area contributed by atoms with E-state index in [0.717, 1.165) is 16.3 Å². The Bertz CT molecular complexity index is 1040. The second kappa shape index (κ2) is 10.8. The van der Waals surface area contributed by atoms with Crippen LogP contribution in [0.4, 0.5) is 0 Å². The second-order valence-corrected chi connectivity index (χ2v) is 10.6. The van der Waals surface area contributed by atoms with Crippen LogP contribution >= 0.6 is 19.6 Å². The first-order valence-electron chi connectivity index (χ1n) is 9.65. The van der Waals surface area contributed by atoms with Crippen LogP contribution in [0.5, 0.6) is 0 Å². The lowest BCUT2D eigenvalue weighted by Gasteiger charge is -2.19. The van der Waals surface area contributed by atoms with Crippen molar-refractivity contribution >= 4 is 24.7 Å². The molecule has 1 aromatic rings. The lowest BCUT2D eigenvalue weighted by atomic mass is 10.00. The quantitative estimate of drug-likeness (QED) is 0.172. The number of nitrogens with one attached hydrogen (secondary N) is 1. The van der Waals surface area contributed by atoms with Gasteiger partial charge in [-0.2, -0.15) is 0 Å². The standard InChI is InChI=1S/C17H26N5O8PS/c1-10-8-22(16(25)19-14(10)23)13-7-11(20-21-18)12(30-13)9-29-31(26,27)28-5-6-32-15(24)17(2,3)4/h8,11-13H,5-7,9H2,1-4H3,(H,26,27)(H,19,23,25). The average Bonchev–Trinajstić information content (AvgIpc) is 3.08. The van der Waals surface area contributed by atoms with Crippen molar-refractivity contribution in [3.05, 3.63) is 43.0 Å². The minimum Gasteiger partial charge on any atom is -0.352 e. The Morgan fingerprint density at radius 3 is 2.78 bits per heavy atom. The summed E-state index contributed by atoms with van der Waals surface area (Å²) in [5.41, 5.74) is 7.31. The third kappa shape index (κ3) is 7.31. The topological polar surface area (TPSA) is 186 Å². The van der Waals surface area contributed by atoms with Crippen LogP contribution in [-0.2, 0) is 23.1 Å². The number of azide groups is 1. The molecule has 0 radical (unpaired) electrons. The van der Waals surface area contributed by atoms with Gasteiger partial charge in [-0.25, -0.2) is 9.36 Å². The number of carbonyl (C=O) groups excluding carboxylic acids is 1. The maximum Gasteiger partial charge on any atom is 0.472 e. The maximum absolute atomic E-state index is 12.1. The van der Waals surface area contributed by atoms with Crippen molar-refractivity contribution < 1.29 is 28.0 Å². The van der Waals surface area contributed by atoms with Gasteiger partial charge in [0.15, 0.2) is 5.12 Å². The summed E-state index contributed by atoms with van der Waals surface area (Å²) in [6.45, 7) is 6.17. The summed E-state index contributed by atoms with van der Waals surface area (Å²) in [6.07, 6.45) is -0.401. The minimum atomic E-state index is -4.46. The van der Waals surface area contributed by atoms with E-state index in [2.05, 4.69) is 15.0 Å². The van der Waals surface area contributed by atoms with Crippen LogP contribution in [0.2, 0.25) is 0 Å². The predicted octanol–water partition coefficient (Wildman–Crippen LogP) is 2.25. The summed E-state index contributed by atoms with van der Waals surface area (Å²) >= 11 is 0.987. The third-order valence-electron chi connectivity index (χ3n) is 4.45. The molecule has 13 nitrogen and oxygen atoms in total. The molecule has 1 aromatic heterocycles. The molecule has 1 aliphatic heterocycles. The van der Waals surface area contributed by atoms with E-state index >= 15 is 0 Å². The van der Waals surface area contributed by atoms with Gasteiger partial charge >= 0.3 is 13.5 Å². The number of phosphoric ester groups is 1. The number of aromatic amines is 1. The van der Waals surface area contributed by atoms with Gasteiger partial charge in [-0.1, -0.05) is 37.6 Å². The maximum atomic E-state index is 12.1. The van der Waals surface area contributed by atoms with E-state index < -0.39 is 49.5 Å². The molecule has 2 N–H and O–H groups in total. The van der Waals surface area contributed by atoms with E-state index in [-0.39, 0.29) is 29.5 Å². The molecule has 15 heteroatoms. The number of ether oxygens (including phenoxy) is 1. The highest BCUT2D eigenvalue weighted by molar-refractivity contribution is 8.13. The van der Waals surface area contributed by atoms with E-state index in [1.165, 1.54) is 13.1 Å². The van der Waals surface area contributed by atoms with Gasteiger partial charge in [0.05, 0.1) is 25.4 Å². The summed E-state index contributed by atoms with van der Waals surface area (Å²) in [5, 5.41) is 3.53. The number of aryl methyl sites for hydroxylation is 1. The van der Waals surface area contributed by atoms with Crippen molar-refractivity contribution in [2.75, 3.05) is 19.0 Å². The smallest absolute Gasteiger partial charge is 0.352 e. The molecular formula is C17H26N5O8PS. The van der Waals surface area contributed by atoms with Gasteiger partial charge in [0, 0.05) is 34.3 Å². The lowest BCUT2D eigenvalue weighted by molar-refractivity contribution is -0.117. The molecule has 0 saturated carbocycles. The fourth-order valence-corrected chi connectivity index (χ4v) is 4.37. The Kier molecular flexibility index (Phi) is 8.89. The second-order valence-electron chi connectivity index (χ2n) is 8.10. The van der Waals surface area contributed by atoms with Crippen molar-refractivity contribution in [3.8, 4) is 0 Å². The molecule has 2 rings (SSSR count). The van der Waals surface area contributed by atoms with Crippen LogP contribution in [0.3, 0.4) is 0 Å². The molecule has 2 heterocycles. The highest BCUT2D eigenvalue weighted by Crippen LogP contribution is 2.44. The Morgan fingerprint density at radius 1 is 1.47 bits per heavy atom. The zero-order chi connectivity index (χ0) is 24.1. The molecule has 4 atom stereocenters. The number of hydrogen-bond acceptors (Lipinski definition) is 9. The van der Waals surface area contributed by atoms with Gasteiger partial charge in [-0.3, -0.25) is 28.2 Å². The van der Waals surface area contributed by atoms with Crippen molar-refractivity contribution in [3.63, 3.8) is 0 Å². The molecule has 1 aliphatic rings. The van der Waals surface area contributed by atoms with Gasteiger partial charge in [-0.05, 0) is 12.5 Å². The first kappa shape index (κ1) is 26.3. The van der Waals surface area contributed by atoms with E-state index in [9.17, 15) is 23.8 Å². The van der Waals surface area contributed by atoms with Gasteiger partial charge in [0.25, 0.3) is 5.56 Å². The van der Waals surface area contributed by atoms with E-state index in [1.807, 2.05) is 0 Å². The Hall–Kier alpha value is -1.92. The van der Waals surface area contributed by atoms with Gasteiger partial charge in [0.2, 0.25) is 0 Å². The number of hydrogen-bond donors (Lipinski definition) is 2. The first-order valence-corrected chi connectivity index (χ1v) is 12.1. The molecule has 0 amide bonds. The van der Waals surface area contributed by atoms with Crippen molar-refractivity contribution in [1.29, 1.82) is 0 Å². The van der Waals surface area contributed by atoms with E-state index in [4.69, 9.17) is 19.3 Å². The van der Waals surface area contributed by atoms with E-state index in [0.29, 0.717) is 0 Å². The molecule has 0 spiro atoms. The van der Waals surface area contributed by atoms with Gasteiger partial charge < -0.3 is 9.63 Å². The fourth-order valence-electron chi connectivity index (χ4n) is 2.73. The first-order chi connectivity index (χ1) is 14.8. The average molecular weight is 491 g/mol. The van der Waals surface area contributed by atoms with Crippen LogP contribution in [0.1, 0.15) is 39.0 Å². The number of carbonyl (C=O) groups is 1. The Morgan fingerprint density at radius 2 is 2.16 bits per heavy atom. The zero-order valence-electron chi connectivity index (χ0n) is 18.1. The van der Waals surface area contributed by atoms with Crippen LogP contribution in [0, 0.1) is 12.3 Å². The number of aromatic nitrogens is 2. The van der Waals surface area contributed by atoms with Crippen LogP contribution in [0.15, 0.2) is 20.9 Å². The molecule has 178 valence electrons. The monoisotopic (exact) mass is 491 g/mol. The zero-order valence-corrected chi connectivity index (χ0v) is 19.8. The Labute approximate surface area is 187 Å². The molecule has 1 fully saturated rings. The SMILES string of the molecule is Cc1cn(C2CC(N=[N+]=[N-])C(COP(=O)(O)OCCSC(=O)C(C)(C)C)O2)c(=O)[nH]c1=O. The normalized spacial score (nSPS) is 22.8. The lowest BCUT2D eigenvalue weighted by Crippen LogP contribution is -2.33. The summed E-state index contributed by atoms with van der Waals surface area (Å²) < 4.78 is 28.8. The number of H-pyrrole nitrogens is 1. The molecule has 0 aromatic carbocycles. The molecule has 4 unspecified atom stereocenters. The highest BCUT2D eigenvalue weighted by Gasteiger charge is 2.38. The van der Waals surface area contributed by atoms with Crippen molar-refractivity contribution in [2.24, 2.45) is 10.5 Å². The minimum absolute atomic E-state index is 0.0786. The number of phosphoric acid groups is 1. The van der Waals surface area contributed by atoms with Crippen molar-refractivity contribution in [1.82, 2.24) is 9.55 Å². The summed E-state index contributed by atoms with van der Waals surface area (Å²) in [4.78, 5) is 50.3. The van der Waals surface area contributed by atoms with Gasteiger partial charge in [0.1, 0.15) is 6.23 Å². The number of thioether (sulfide) groups is 1. The van der Waals surface area contributed by atoms with Crippen molar-refractivity contribution in [2.45, 2.75) is 52.5 Å². The number of nitrogens with zero attached hydrogens (tertiary/aromatic N) is 4. The Balaban J connectivity index is 1.95. The molecule has 0 bridgehead atoms. The molecule has 0 aliphatic carbocycles. The third-order valence-corrected chi connectivity index (χ3v) is 6.68. The summed E-state index contributed by atoms with van der Waals surface area (Å²) in [7, 11) is -4.46. The predicted molar refractivity (Wildman–Crippen MR) is 116 cm³/mol.